The molecule has 0 aliphatic heterocycles. The lowest BCUT2D eigenvalue weighted by Crippen LogP contribution is -2.08. The van der Waals surface area contributed by atoms with E-state index in [0.29, 0.717) is 11.3 Å². The summed E-state index contributed by atoms with van der Waals surface area (Å²) in [5.41, 5.74) is 11.3. The molecular weight excluding hydrogens is 237 g/mol. The molecule has 18 heavy (non-hydrogen) atoms. The van der Waals surface area contributed by atoms with E-state index in [4.69, 9.17) is 16.6 Å². The van der Waals surface area contributed by atoms with Gasteiger partial charge in [0, 0.05) is 11.3 Å². The SMILES string of the molecule is Nc1ccccc1-c1cc(N)c(F)c(C(=O)O)n1. The summed E-state index contributed by atoms with van der Waals surface area (Å²) >= 11 is 0. The third-order valence-corrected chi connectivity index (χ3v) is 2.43. The molecular formula is C12H10FN3O2. The van der Waals surface area contributed by atoms with Crippen LogP contribution in [0, 0.1) is 5.82 Å². The van der Waals surface area contributed by atoms with Crippen LogP contribution in [0.15, 0.2) is 30.3 Å². The Morgan fingerprint density at radius 2 is 1.89 bits per heavy atom. The van der Waals surface area contributed by atoms with Gasteiger partial charge in [0.1, 0.15) is 0 Å². The number of halogens is 1. The van der Waals surface area contributed by atoms with Crippen molar-refractivity contribution < 1.29 is 14.3 Å². The highest BCUT2D eigenvalue weighted by atomic mass is 19.1. The molecule has 0 saturated carbocycles. The number of nitrogens with zero attached hydrogens (tertiary/aromatic N) is 1. The number of aromatic carboxylic acids is 1. The molecule has 6 heteroatoms. The zero-order chi connectivity index (χ0) is 13.3. The van der Waals surface area contributed by atoms with E-state index < -0.39 is 17.5 Å². The number of carboxylic acids is 1. The van der Waals surface area contributed by atoms with Crippen LogP contribution in [0.3, 0.4) is 0 Å². The fourth-order valence-corrected chi connectivity index (χ4v) is 1.56. The second-order valence-corrected chi connectivity index (χ2v) is 3.65. The number of rotatable bonds is 2. The molecule has 92 valence electrons. The van der Waals surface area contributed by atoms with Crippen molar-refractivity contribution in [2.75, 3.05) is 11.5 Å². The van der Waals surface area contributed by atoms with Crippen molar-refractivity contribution in [3.63, 3.8) is 0 Å². The van der Waals surface area contributed by atoms with Gasteiger partial charge in [0.05, 0.1) is 11.4 Å². The van der Waals surface area contributed by atoms with Crippen molar-refractivity contribution in [2.45, 2.75) is 0 Å². The van der Waals surface area contributed by atoms with E-state index in [2.05, 4.69) is 4.98 Å². The molecule has 1 heterocycles. The summed E-state index contributed by atoms with van der Waals surface area (Å²) in [6.45, 7) is 0. The van der Waals surface area contributed by atoms with Gasteiger partial charge in [0.15, 0.2) is 11.5 Å². The molecule has 0 radical (unpaired) electrons. The minimum Gasteiger partial charge on any atom is -0.476 e. The van der Waals surface area contributed by atoms with Crippen LogP contribution in [-0.4, -0.2) is 16.1 Å². The topological polar surface area (TPSA) is 102 Å². The minimum absolute atomic E-state index is 0.226. The predicted molar refractivity (Wildman–Crippen MR) is 65.4 cm³/mol. The number of hydrogen-bond donors (Lipinski definition) is 3. The van der Waals surface area contributed by atoms with Gasteiger partial charge in [-0.2, -0.15) is 0 Å². The van der Waals surface area contributed by atoms with Crippen LogP contribution in [0.4, 0.5) is 15.8 Å². The van der Waals surface area contributed by atoms with Gasteiger partial charge in [-0.3, -0.25) is 0 Å². The number of benzene rings is 1. The second kappa shape index (κ2) is 4.33. The third kappa shape index (κ3) is 1.95. The van der Waals surface area contributed by atoms with Crippen molar-refractivity contribution in [1.29, 1.82) is 0 Å². The third-order valence-electron chi connectivity index (χ3n) is 2.43. The summed E-state index contributed by atoms with van der Waals surface area (Å²) in [5.74, 6) is -2.52. The first-order valence-corrected chi connectivity index (χ1v) is 5.05. The Morgan fingerprint density at radius 3 is 2.50 bits per heavy atom. The molecule has 1 aromatic heterocycles. The fraction of sp³-hybridized carbons (Fsp3) is 0. The normalized spacial score (nSPS) is 10.3. The zero-order valence-electron chi connectivity index (χ0n) is 9.22. The maximum atomic E-state index is 13.4. The molecule has 5 nitrogen and oxygen atoms in total. The lowest BCUT2D eigenvalue weighted by Gasteiger charge is -2.08. The molecule has 1 aromatic carbocycles. The lowest BCUT2D eigenvalue weighted by atomic mass is 10.1. The molecule has 0 unspecified atom stereocenters. The van der Waals surface area contributed by atoms with E-state index >= 15 is 0 Å². The molecule has 0 fully saturated rings. The van der Waals surface area contributed by atoms with Crippen molar-refractivity contribution >= 4 is 17.3 Å². The smallest absolute Gasteiger partial charge is 0.357 e. The van der Waals surface area contributed by atoms with Crippen molar-refractivity contribution in [2.24, 2.45) is 0 Å². The maximum absolute atomic E-state index is 13.4. The first-order valence-electron chi connectivity index (χ1n) is 5.05. The average molecular weight is 247 g/mol. The summed E-state index contributed by atoms with van der Waals surface area (Å²) in [6.07, 6.45) is 0. The van der Waals surface area contributed by atoms with Crippen LogP contribution in [0.1, 0.15) is 10.5 Å². The Balaban J connectivity index is 2.67. The summed E-state index contributed by atoms with van der Waals surface area (Å²) in [4.78, 5) is 14.6. The standard InChI is InChI=1S/C12H10FN3O2/c13-10-8(15)5-9(16-11(10)12(17)18)6-3-1-2-4-7(6)14/h1-5H,14H2,(H2,15,16)(H,17,18). The van der Waals surface area contributed by atoms with Gasteiger partial charge in [-0.25, -0.2) is 14.2 Å². The van der Waals surface area contributed by atoms with Crippen LogP contribution in [-0.2, 0) is 0 Å². The molecule has 0 saturated heterocycles. The average Bonchev–Trinajstić information content (AvgIpc) is 2.33. The van der Waals surface area contributed by atoms with Gasteiger partial charge in [-0.05, 0) is 12.1 Å². The maximum Gasteiger partial charge on any atom is 0.357 e. The Hall–Kier alpha value is -2.63. The molecule has 0 amide bonds. The number of carboxylic acid groups (broad SMARTS) is 1. The largest absolute Gasteiger partial charge is 0.476 e. The van der Waals surface area contributed by atoms with Crippen LogP contribution in [0.5, 0.6) is 0 Å². The first kappa shape index (κ1) is 11.8. The fourth-order valence-electron chi connectivity index (χ4n) is 1.56. The first-order chi connectivity index (χ1) is 8.50. The molecule has 2 aromatic rings. The highest BCUT2D eigenvalue weighted by molar-refractivity contribution is 5.88. The van der Waals surface area contributed by atoms with Crippen LogP contribution in [0.25, 0.3) is 11.3 Å². The molecule has 0 atom stereocenters. The number of nitrogen functional groups attached to an aromatic ring is 2. The highest BCUT2D eigenvalue weighted by Gasteiger charge is 2.18. The molecule has 5 N–H and O–H groups in total. The number of para-hydroxylation sites is 1. The van der Waals surface area contributed by atoms with Crippen molar-refractivity contribution in [3.05, 3.63) is 41.8 Å². The number of nitrogens with two attached hydrogens (primary N) is 2. The van der Waals surface area contributed by atoms with Crippen molar-refractivity contribution in [1.82, 2.24) is 4.98 Å². The van der Waals surface area contributed by atoms with Gasteiger partial charge in [-0.1, -0.05) is 18.2 Å². The molecule has 0 aliphatic rings. The monoisotopic (exact) mass is 247 g/mol. The Labute approximate surface area is 102 Å². The van der Waals surface area contributed by atoms with Gasteiger partial charge in [0.25, 0.3) is 0 Å². The molecule has 0 bridgehead atoms. The highest BCUT2D eigenvalue weighted by Crippen LogP contribution is 2.27. The van der Waals surface area contributed by atoms with E-state index in [9.17, 15) is 9.18 Å². The van der Waals surface area contributed by atoms with E-state index in [1.807, 2.05) is 0 Å². The van der Waals surface area contributed by atoms with Crippen LogP contribution < -0.4 is 11.5 Å². The Morgan fingerprint density at radius 1 is 1.22 bits per heavy atom. The number of anilines is 2. The molecule has 2 rings (SSSR count). The lowest BCUT2D eigenvalue weighted by molar-refractivity contribution is 0.0685. The summed E-state index contributed by atoms with van der Waals surface area (Å²) in [6, 6.07) is 7.99. The van der Waals surface area contributed by atoms with Crippen LogP contribution in [0.2, 0.25) is 0 Å². The Kier molecular flexibility index (Phi) is 2.85. The van der Waals surface area contributed by atoms with E-state index in [0.717, 1.165) is 0 Å². The van der Waals surface area contributed by atoms with E-state index in [1.54, 1.807) is 24.3 Å². The number of carbonyl (C=O) groups is 1. The van der Waals surface area contributed by atoms with Gasteiger partial charge < -0.3 is 16.6 Å². The summed E-state index contributed by atoms with van der Waals surface area (Å²) < 4.78 is 13.4. The van der Waals surface area contributed by atoms with E-state index in [1.165, 1.54) is 6.07 Å². The van der Waals surface area contributed by atoms with Gasteiger partial charge in [-0.15, -0.1) is 0 Å². The quantitative estimate of drug-likeness (QED) is 0.701. The number of hydrogen-bond acceptors (Lipinski definition) is 4. The van der Waals surface area contributed by atoms with Gasteiger partial charge in [0.2, 0.25) is 0 Å². The molecule has 0 aliphatic carbocycles. The molecule has 0 spiro atoms. The Bertz CT molecular complexity index is 629. The van der Waals surface area contributed by atoms with Gasteiger partial charge >= 0.3 is 5.97 Å². The predicted octanol–water partition coefficient (Wildman–Crippen LogP) is 1.75. The van der Waals surface area contributed by atoms with Crippen molar-refractivity contribution in [3.8, 4) is 11.3 Å². The summed E-state index contributed by atoms with van der Waals surface area (Å²) in [5, 5.41) is 8.84. The van der Waals surface area contributed by atoms with E-state index in [-0.39, 0.29) is 11.4 Å². The zero-order valence-corrected chi connectivity index (χ0v) is 9.22. The second-order valence-electron chi connectivity index (χ2n) is 3.65. The number of aromatic nitrogens is 1. The minimum atomic E-state index is -1.48. The van der Waals surface area contributed by atoms with Crippen LogP contribution >= 0.6 is 0 Å². The number of pyridine rings is 1. The summed E-state index contributed by atoms with van der Waals surface area (Å²) in [7, 11) is 0.